The summed E-state index contributed by atoms with van der Waals surface area (Å²) in [7, 11) is 0. The predicted octanol–water partition coefficient (Wildman–Crippen LogP) is 3.67. The maximum absolute atomic E-state index is 13.5. The van der Waals surface area contributed by atoms with E-state index in [1.807, 2.05) is 26.8 Å². The van der Waals surface area contributed by atoms with Crippen molar-refractivity contribution in [1.29, 1.82) is 0 Å². The van der Waals surface area contributed by atoms with Gasteiger partial charge in [0.2, 0.25) is 0 Å². The molecular formula is C23H31FN2O4. The van der Waals surface area contributed by atoms with Crippen molar-refractivity contribution < 1.29 is 23.8 Å². The van der Waals surface area contributed by atoms with E-state index in [0.29, 0.717) is 43.9 Å². The quantitative estimate of drug-likeness (QED) is 0.756. The number of amides is 1. The summed E-state index contributed by atoms with van der Waals surface area (Å²) in [5, 5.41) is 9.29. The Kier molecular flexibility index (Phi) is 7.49. The highest BCUT2D eigenvalue weighted by Gasteiger charge is 2.27. The standard InChI is InChI=1S/C23H31FN2O4/c1-22(2,3)30-21(29)26-13-11-25(12-14-26)16-18-8-6-7-17(15-24)19(18)9-10-23(4,5)20(27)28/h6-8H,11-16H2,1-5H3,(H,27,28). The average Bonchev–Trinajstić information content (AvgIpc) is 2.65. The highest BCUT2D eigenvalue weighted by atomic mass is 19.1. The Balaban J connectivity index is 2.12. The van der Waals surface area contributed by atoms with Crippen LogP contribution in [0.3, 0.4) is 0 Å². The summed E-state index contributed by atoms with van der Waals surface area (Å²) in [5.74, 6) is 4.66. The number of hydrogen-bond acceptors (Lipinski definition) is 4. The molecule has 1 N–H and O–H groups in total. The first-order valence-electron chi connectivity index (χ1n) is 10.1. The van der Waals surface area contributed by atoms with Crippen molar-refractivity contribution in [2.45, 2.75) is 53.4 Å². The number of carboxylic acid groups (broad SMARTS) is 1. The molecule has 164 valence electrons. The Hall–Kier alpha value is -2.59. The molecule has 30 heavy (non-hydrogen) atoms. The average molecular weight is 419 g/mol. The van der Waals surface area contributed by atoms with Gasteiger partial charge in [0, 0.05) is 38.3 Å². The van der Waals surface area contributed by atoms with Gasteiger partial charge < -0.3 is 14.7 Å². The summed E-state index contributed by atoms with van der Waals surface area (Å²) < 4.78 is 19.0. The zero-order valence-corrected chi connectivity index (χ0v) is 18.4. The molecule has 0 spiro atoms. The van der Waals surface area contributed by atoms with Crippen LogP contribution in [0, 0.1) is 17.3 Å². The number of carbonyl (C=O) groups excluding carboxylic acids is 1. The highest BCUT2D eigenvalue weighted by Crippen LogP contribution is 2.21. The maximum atomic E-state index is 13.5. The minimum absolute atomic E-state index is 0.316. The van der Waals surface area contributed by atoms with Gasteiger partial charge in [-0.3, -0.25) is 9.69 Å². The van der Waals surface area contributed by atoms with Crippen molar-refractivity contribution >= 4 is 12.1 Å². The second-order valence-electron chi connectivity index (χ2n) is 9.01. The lowest BCUT2D eigenvalue weighted by atomic mass is 9.93. The van der Waals surface area contributed by atoms with E-state index in [0.717, 1.165) is 5.56 Å². The van der Waals surface area contributed by atoms with Gasteiger partial charge in [-0.05, 0) is 45.7 Å². The minimum atomic E-state index is -1.22. The number of benzene rings is 1. The lowest BCUT2D eigenvalue weighted by molar-refractivity contribution is -0.143. The number of piperazine rings is 1. The van der Waals surface area contributed by atoms with Crippen LogP contribution in [0.4, 0.5) is 9.18 Å². The number of nitrogens with zero attached hydrogens (tertiary/aromatic N) is 2. The predicted molar refractivity (Wildman–Crippen MR) is 113 cm³/mol. The summed E-state index contributed by atoms with van der Waals surface area (Å²) in [5.41, 5.74) is 0.0972. The van der Waals surface area contributed by atoms with Gasteiger partial charge in [-0.1, -0.05) is 30.0 Å². The van der Waals surface area contributed by atoms with E-state index < -0.39 is 23.7 Å². The summed E-state index contributed by atoms with van der Waals surface area (Å²) in [6.45, 7) is 10.9. The van der Waals surface area contributed by atoms with E-state index in [1.165, 1.54) is 13.8 Å². The zero-order valence-electron chi connectivity index (χ0n) is 18.4. The number of carbonyl (C=O) groups is 2. The van der Waals surface area contributed by atoms with Crippen molar-refractivity contribution in [3.05, 3.63) is 34.9 Å². The first kappa shape index (κ1) is 23.7. The Morgan fingerprint density at radius 3 is 2.23 bits per heavy atom. The normalized spacial score (nSPS) is 15.3. The number of aliphatic carboxylic acids is 1. The molecule has 0 aliphatic carbocycles. The molecule has 0 saturated carbocycles. The zero-order chi connectivity index (χ0) is 22.5. The molecule has 1 heterocycles. The SMILES string of the molecule is CC(C)(C)OC(=O)N1CCN(Cc2cccc(CF)c2C#CC(C)(C)C(=O)O)CC1. The molecule has 1 fully saturated rings. The Bertz CT molecular complexity index is 841. The van der Waals surface area contributed by atoms with E-state index in [9.17, 15) is 19.1 Å². The fourth-order valence-electron chi connectivity index (χ4n) is 2.99. The van der Waals surface area contributed by atoms with Gasteiger partial charge in [-0.25, -0.2) is 9.18 Å². The van der Waals surface area contributed by atoms with Gasteiger partial charge in [0.1, 0.15) is 17.7 Å². The Labute approximate surface area is 178 Å². The van der Waals surface area contributed by atoms with Crippen molar-refractivity contribution in [3.8, 4) is 11.8 Å². The monoisotopic (exact) mass is 418 g/mol. The van der Waals surface area contributed by atoms with Crippen LogP contribution in [-0.2, 0) is 22.8 Å². The van der Waals surface area contributed by atoms with Gasteiger partial charge in [0.25, 0.3) is 0 Å². The molecule has 0 aromatic heterocycles. The second-order valence-corrected chi connectivity index (χ2v) is 9.01. The number of hydrogen-bond donors (Lipinski definition) is 1. The summed E-state index contributed by atoms with van der Waals surface area (Å²) >= 11 is 0. The fraction of sp³-hybridized carbons (Fsp3) is 0.565. The highest BCUT2D eigenvalue weighted by molar-refractivity contribution is 5.78. The third-order valence-electron chi connectivity index (χ3n) is 4.83. The lowest BCUT2D eigenvalue weighted by Crippen LogP contribution is -2.49. The minimum Gasteiger partial charge on any atom is -0.480 e. The molecule has 7 heteroatoms. The van der Waals surface area contributed by atoms with E-state index in [-0.39, 0.29) is 6.09 Å². The third-order valence-corrected chi connectivity index (χ3v) is 4.83. The third kappa shape index (κ3) is 6.46. The summed E-state index contributed by atoms with van der Waals surface area (Å²) in [6, 6.07) is 5.34. The van der Waals surface area contributed by atoms with E-state index in [1.54, 1.807) is 17.0 Å². The molecule has 0 radical (unpaired) electrons. The van der Waals surface area contributed by atoms with Crippen LogP contribution in [0.15, 0.2) is 18.2 Å². The Morgan fingerprint density at radius 2 is 1.70 bits per heavy atom. The molecule has 2 rings (SSSR count). The first-order chi connectivity index (χ1) is 13.9. The molecular weight excluding hydrogens is 387 g/mol. The topological polar surface area (TPSA) is 70.1 Å². The number of carboxylic acids is 1. The van der Waals surface area contributed by atoms with Crippen molar-refractivity contribution in [2.75, 3.05) is 26.2 Å². The van der Waals surface area contributed by atoms with Gasteiger partial charge in [-0.15, -0.1) is 0 Å². The van der Waals surface area contributed by atoms with Crippen LogP contribution in [0.2, 0.25) is 0 Å². The summed E-state index contributed by atoms with van der Waals surface area (Å²) in [6.07, 6.45) is -0.316. The smallest absolute Gasteiger partial charge is 0.410 e. The van der Waals surface area contributed by atoms with Crippen LogP contribution in [0.1, 0.15) is 51.3 Å². The van der Waals surface area contributed by atoms with Gasteiger partial charge in [-0.2, -0.15) is 0 Å². The number of rotatable bonds is 4. The van der Waals surface area contributed by atoms with E-state index >= 15 is 0 Å². The van der Waals surface area contributed by atoms with E-state index in [4.69, 9.17) is 4.74 Å². The molecule has 1 aromatic rings. The largest absolute Gasteiger partial charge is 0.480 e. The van der Waals surface area contributed by atoms with Crippen LogP contribution >= 0.6 is 0 Å². The number of ether oxygens (including phenoxy) is 1. The Morgan fingerprint density at radius 1 is 1.10 bits per heavy atom. The van der Waals surface area contributed by atoms with Gasteiger partial charge >= 0.3 is 12.1 Å². The molecule has 1 saturated heterocycles. The van der Waals surface area contributed by atoms with E-state index in [2.05, 4.69) is 16.7 Å². The molecule has 1 aromatic carbocycles. The fourth-order valence-corrected chi connectivity index (χ4v) is 2.99. The van der Waals surface area contributed by atoms with Crippen molar-refractivity contribution in [2.24, 2.45) is 5.41 Å². The summed E-state index contributed by atoms with van der Waals surface area (Å²) in [4.78, 5) is 27.4. The van der Waals surface area contributed by atoms with Gasteiger partial charge in [0.05, 0.1) is 0 Å². The lowest BCUT2D eigenvalue weighted by Gasteiger charge is -2.35. The first-order valence-corrected chi connectivity index (χ1v) is 10.1. The van der Waals surface area contributed by atoms with Crippen LogP contribution < -0.4 is 0 Å². The molecule has 1 amide bonds. The second kappa shape index (κ2) is 9.48. The molecule has 0 unspecified atom stereocenters. The molecule has 1 aliphatic heterocycles. The van der Waals surface area contributed by atoms with Crippen LogP contribution in [0.25, 0.3) is 0 Å². The van der Waals surface area contributed by atoms with Crippen LogP contribution in [0.5, 0.6) is 0 Å². The van der Waals surface area contributed by atoms with Crippen LogP contribution in [-0.4, -0.2) is 58.7 Å². The molecule has 0 bridgehead atoms. The maximum Gasteiger partial charge on any atom is 0.410 e. The number of alkyl halides is 1. The molecule has 6 nitrogen and oxygen atoms in total. The van der Waals surface area contributed by atoms with Crippen molar-refractivity contribution in [1.82, 2.24) is 9.80 Å². The van der Waals surface area contributed by atoms with Crippen molar-refractivity contribution in [3.63, 3.8) is 0 Å². The molecule has 0 atom stereocenters. The molecule has 1 aliphatic rings. The number of halogens is 1. The van der Waals surface area contributed by atoms with Gasteiger partial charge in [0.15, 0.2) is 0 Å².